The maximum absolute atomic E-state index is 13.2. The number of methoxy groups -OCH3 is 1. The van der Waals surface area contributed by atoms with Crippen LogP contribution in [0.5, 0.6) is 5.75 Å². The predicted molar refractivity (Wildman–Crippen MR) is 72.6 cm³/mol. The molecule has 0 aliphatic rings. The van der Waals surface area contributed by atoms with E-state index in [1.807, 2.05) is 20.8 Å². The SMILES string of the molecule is COc1ccc(F)cc1[C@H](N)[C@H](O)C(C)(C)C.Cl. The molecule has 5 heteroatoms. The first-order valence-electron chi connectivity index (χ1n) is 5.54. The zero-order valence-corrected chi connectivity index (χ0v) is 11.9. The fraction of sp³-hybridized carbons (Fsp3) is 0.538. The van der Waals surface area contributed by atoms with Gasteiger partial charge in [0.2, 0.25) is 0 Å². The molecule has 0 aliphatic heterocycles. The number of hydrogen-bond acceptors (Lipinski definition) is 3. The third-order valence-corrected chi connectivity index (χ3v) is 2.78. The molecule has 1 rings (SSSR count). The van der Waals surface area contributed by atoms with E-state index >= 15 is 0 Å². The number of aliphatic hydroxyl groups is 1. The van der Waals surface area contributed by atoms with E-state index in [9.17, 15) is 9.50 Å². The normalized spacial score (nSPS) is 14.6. The molecule has 0 aromatic heterocycles. The van der Waals surface area contributed by atoms with Crippen molar-refractivity contribution in [1.29, 1.82) is 0 Å². The summed E-state index contributed by atoms with van der Waals surface area (Å²) in [6, 6.07) is 3.44. The van der Waals surface area contributed by atoms with Crippen LogP contribution in [0, 0.1) is 11.2 Å². The third kappa shape index (κ3) is 3.83. The average Bonchev–Trinajstić information content (AvgIpc) is 2.25. The van der Waals surface area contributed by atoms with Crippen LogP contribution in [0.1, 0.15) is 32.4 Å². The van der Waals surface area contributed by atoms with Crippen molar-refractivity contribution in [2.24, 2.45) is 11.1 Å². The minimum Gasteiger partial charge on any atom is -0.496 e. The van der Waals surface area contributed by atoms with Gasteiger partial charge in [0.05, 0.1) is 19.3 Å². The molecule has 1 aromatic rings. The van der Waals surface area contributed by atoms with Crippen molar-refractivity contribution in [3.05, 3.63) is 29.6 Å². The van der Waals surface area contributed by atoms with E-state index in [1.165, 1.54) is 25.3 Å². The monoisotopic (exact) mass is 277 g/mol. The number of hydrogen-bond donors (Lipinski definition) is 2. The Bertz CT molecular complexity index is 393. The molecule has 0 spiro atoms. The van der Waals surface area contributed by atoms with Gasteiger partial charge in [0, 0.05) is 5.56 Å². The Morgan fingerprint density at radius 1 is 1.33 bits per heavy atom. The second-order valence-electron chi connectivity index (χ2n) is 5.22. The highest BCUT2D eigenvalue weighted by Crippen LogP contribution is 2.33. The van der Waals surface area contributed by atoms with E-state index in [-0.39, 0.29) is 17.8 Å². The van der Waals surface area contributed by atoms with E-state index in [0.717, 1.165) is 0 Å². The summed E-state index contributed by atoms with van der Waals surface area (Å²) >= 11 is 0. The molecule has 0 saturated carbocycles. The summed E-state index contributed by atoms with van der Waals surface area (Å²) in [6.07, 6.45) is -0.779. The summed E-state index contributed by atoms with van der Waals surface area (Å²) < 4.78 is 18.3. The number of ether oxygens (including phenoxy) is 1. The number of nitrogens with two attached hydrogens (primary N) is 1. The van der Waals surface area contributed by atoms with Gasteiger partial charge in [-0.1, -0.05) is 20.8 Å². The number of aliphatic hydroxyl groups excluding tert-OH is 1. The van der Waals surface area contributed by atoms with Crippen LogP contribution in [0.4, 0.5) is 4.39 Å². The van der Waals surface area contributed by atoms with Crippen LogP contribution in [0.25, 0.3) is 0 Å². The van der Waals surface area contributed by atoms with Crippen LogP contribution in [-0.2, 0) is 0 Å². The average molecular weight is 278 g/mol. The van der Waals surface area contributed by atoms with Gasteiger partial charge in [0.25, 0.3) is 0 Å². The van der Waals surface area contributed by atoms with Crippen LogP contribution in [-0.4, -0.2) is 18.3 Å². The molecule has 0 heterocycles. The standard InChI is InChI=1S/C13H20FNO2.ClH/c1-13(2,3)12(16)11(15)9-7-8(14)5-6-10(9)17-4;/h5-7,11-12,16H,15H2,1-4H3;1H/t11-,12-;/m0./s1. The first kappa shape index (κ1) is 17.2. The minimum atomic E-state index is -0.779. The van der Waals surface area contributed by atoms with Gasteiger partial charge in [-0.2, -0.15) is 0 Å². The van der Waals surface area contributed by atoms with Crippen molar-refractivity contribution in [3.8, 4) is 5.75 Å². The lowest BCUT2D eigenvalue weighted by Gasteiger charge is -2.31. The fourth-order valence-corrected chi connectivity index (χ4v) is 1.67. The molecular weight excluding hydrogens is 257 g/mol. The van der Waals surface area contributed by atoms with Crippen LogP contribution in [0.2, 0.25) is 0 Å². The molecule has 1 aromatic carbocycles. The number of rotatable bonds is 3. The highest BCUT2D eigenvalue weighted by Gasteiger charge is 2.30. The molecule has 0 saturated heterocycles. The van der Waals surface area contributed by atoms with Crippen LogP contribution in [0.15, 0.2) is 18.2 Å². The van der Waals surface area contributed by atoms with Crippen molar-refractivity contribution in [1.82, 2.24) is 0 Å². The van der Waals surface area contributed by atoms with Crippen LogP contribution >= 0.6 is 12.4 Å². The number of halogens is 2. The van der Waals surface area contributed by atoms with E-state index in [1.54, 1.807) is 0 Å². The van der Waals surface area contributed by atoms with Gasteiger partial charge >= 0.3 is 0 Å². The van der Waals surface area contributed by atoms with Gasteiger partial charge in [-0.25, -0.2) is 4.39 Å². The summed E-state index contributed by atoms with van der Waals surface area (Å²) in [5.74, 6) is 0.0968. The largest absolute Gasteiger partial charge is 0.496 e. The molecule has 0 fully saturated rings. The van der Waals surface area contributed by atoms with Crippen LogP contribution in [0.3, 0.4) is 0 Å². The zero-order valence-electron chi connectivity index (χ0n) is 11.1. The maximum atomic E-state index is 13.2. The van der Waals surface area contributed by atoms with Gasteiger partial charge in [-0.05, 0) is 23.6 Å². The van der Waals surface area contributed by atoms with Gasteiger partial charge in [-0.3, -0.25) is 0 Å². The molecule has 3 nitrogen and oxygen atoms in total. The Kier molecular flexibility index (Phi) is 6.07. The van der Waals surface area contributed by atoms with E-state index in [4.69, 9.17) is 10.5 Å². The first-order valence-corrected chi connectivity index (χ1v) is 5.54. The molecule has 18 heavy (non-hydrogen) atoms. The molecular formula is C13H21ClFNO2. The van der Waals surface area contributed by atoms with Crippen molar-refractivity contribution in [2.75, 3.05) is 7.11 Å². The quantitative estimate of drug-likeness (QED) is 0.893. The van der Waals surface area contributed by atoms with Gasteiger partial charge in [0.15, 0.2) is 0 Å². The zero-order chi connectivity index (χ0) is 13.2. The van der Waals surface area contributed by atoms with E-state index < -0.39 is 18.0 Å². The molecule has 104 valence electrons. The molecule has 2 atom stereocenters. The summed E-state index contributed by atoms with van der Waals surface area (Å²) in [4.78, 5) is 0. The predicted octanol–water partition coefficient (Wildman–Crippen LogP) is 2.66. The number of benzene rings is 1. The molecule has 0 bridgehead atoms. The topological polar surface area (TPSA) is 55.5 Å². The maximum Gasteiger partial charge on any atom is 0.123 e. The van der Waals surface area contributed by atoms with Gasteiger partial charge < -0.3 is 15.6 Å². The summed E-state index contributed by atoms with van der Waals surface area (Å²) in [5, 5.41) is 10.1. The Morgan fingerprint density at radius 2 is 1.89 bits per heavy atom. The van der Waals surface area contributed by atoms with E-state index in [0.29, 0.717) is 11.3 Å². The van der Waals surface area contributed by atoms with E-state index in [2.05, 4.69) is 0 Å². The molecule has 0 unspecified atom stereocenters. The highest BCUT2D eigenvalue weighted by atomic mass is 35.5. The lowest BCUT2D eigenvalue weighted by atomic mass is 9.82. The molecule has 0 aliphatic carbocycles. The third-order valence-electron chi connectivity index (χ3n) is 2.78. The fourth-order valence-electron chi connectivity index (χ4n) is 1.67. The lowest BCUT2D eigenvalue weighted by molar-refractivity contribution is 0.0394. The second-order valence-corrected chi connectivity index (χ2v) is 5.22. The molecule has 0 amide bonds. The summed E-state index contributed by atoms with van der Waals surface area (Å²) in [6.45, 7) is 5.63. The van der Waals surface area contributed by atoms with Crippen molar-refractivity contribution in [3.63, 3.8) is 0 Å². The van der Waals surface area contributed by atoms with Crippen molar-refractivity contribution in [2.45, 2.75) is 32.9 Å². The first-order chi connectivity index (χ1) is 7.77. The highest BCUT2D eigenvalue weighted by molar-refractivity contribution is 5.85. The Morgan fingerprint density at radius 3 is 2.33 bits per heavy atom. The van der Waals surface area contributed by atoms with Crippen molar-refractivity contribution < 1.29 is 14.2 Å². The molecule has 3 N–H and O–H groups in total. The lowest BCUT2D eigenvalue weighted by Crippen LogP contribution is -2.37. The smallest absolute Gasteiger partial charge is 0.123 e. The minimum absolute atomic E-state index is 0. The Labute approximate surface area is 114 Å². The van der Waals surface area contributed by atoms with Crippen molar-refractivity contribution >= 4 is 12.4 Å². The molecule has 0 radical (unpaired) electrons. The Balaban J connectivity index is 0.00000289. The Hall–Kier alpha value is -0.840. The summed E-state index contributed by atoms with van der Waals surface area (Å²) in [5.41, 5.74) is 6.08. The van der Waals surface area contributed by atoms with Gasteiger partial charge in [0.1, 0.15) is 11.6 Å². The second kappa shape index (κ2) is 6.36. The summed E-state index contributed by atoms with van der Waals surface area (Å²) in [7, 11) is 1.49. The van der Waals surface area contributed by atoms with Gasteiger partial charge in [-0.15, -0.1) is 12.4 Å². The van der Waals surface area contributed by atoms with Crippen LogP contribution < -0.4 is 10.5 Å².